The fourth-order valence-electron chi connectivity index (χ4n) is 3.45. The average Bonchev–Trinajstić information content (AvgIpc) is 2.94. The number of benzene rings is 2. The van der Waals surface area contributed by atoms with Crippen molar-refractivity contribution in [1.29, 1.82) is 0 Å². The number of aryl methyl sites for hydroxylation is 1. The van der Waals surface area contributed by atoms with Crippen molar-refractivity contribution >= 4 is 23.5 Å². The largest absolute Gasteiger partial charge is 0.486 e. The molecule has 30 heavy (non-hydrogen) atoms. The van der Waals surface area contributed by atoms with Crippen molar-refractivity contribution in [2.75, 3.05) is 25.1 Å². The van der Waals surface area contributed by atoms with E-state index >= 15 is 0 Å². The zero-order valence-corrected chi connectivity index (χ0v) is 16.5. The molecule has 2 aliphatic heterocycles. The SMILES string of the molecule is Cc1ccc(NC(=O)CN2C(=O)N[C@](C)(c3ccc4c(c3)OCCO4)C2=O)c(F)c1. The molecule has 2 aliphatic rings. The summed E-state index contributed by atoms with van der Waals surface area (Å²) in [5.74, 6) is -0.840. The lowest BCUT2D eigenvalue weighted by Gasteiger charge is -2.25. The maximum atomic E-state index is 14.0. The molecular weight excluding hydrogens is 393 g/mol. The van der Waals surface area contributed by atoms with Gasteiger partial charge in [-0.1, -0.05) is 12.1 Å². The van der Waals surface area contributed by atoms with Gasteiger partial charge < -0.3 is 20.1 Å². The van der Waals surface area contributed by atoms with Gasteiger partial charge in [-0.25, -0.2) is 9.18 Å². The molecule has 0 aromatic heterocycles. The molecule has 8 nitrogen and oxygen atoms in total. The third-order valence-corrected chi connectivity index (χ3v) is 5.09. The van der Waals surface area contributed by atoms with E-state index in [0.717, 1.165) is 4.90 Å². The van der Waals surface area contributed by atoms with Crippen molar-refractivity contribution < 1.29 is 28.2 Å². The molecule has 0 radical (unpaired) electrons. The van der Waals surface area contributed by atoms with Crippen LogP contribution >= 0.6 is 0 Å². The fourth-order valence-corrected chi connectivity index (χ4v) is 3.45. The van der Waals surface area contributed by atoms with Crippen molar-refractivity contribution in [2.45, 2.75) is 19.4 Å². The summed E-state index contributed by atoms with van der Waals surface area (Å²) in [6.07, 6.45) is 0. The van der Waals surface area contributed by atoms with Crippen LogP contribution in [0, 0.1) is 12.7 Å². The van der Waals surface area contributed by atoms with Crippen LogP contribution in [0.2, 0.25) is 0 Å². The van der Waals surface area contributed by atoms with Crippen LogP contribution in [0.5, 0.6) is 11.5 Å². The van der Waals surface area contributed by atoms with E-state index in [9.17, 15) is 18.8 Å². The number of nitrogens with zero attached hydrogens (tertiary/aromatic N) is 1. The lowest BCUT2D eigenvalue weighted by Crippen LogP contribution is -2.42. The van der Waals surface area contributed by atoms with Crippen molar-refractivity contribution in [3.8, 4) is 11.5 Å². The van der Waals surface area contributed by atoms with Crippen molar-refractivity contribution in [1.82, 2.24) is 10.2 Å². The lowest BCUT2D eigenvalue weighted by molar-refractivity contribution is -0.133. The molecule has 1 saturated heterocycles. The van der Waals surface area contributed by atoms with Crippen molar-refractivity contribution in [3.05, 3.63) is 53.3 Å². The third-order valence-electron chi connectivity index (χ3n) is 5.09. The summed E-state index contributed by atoms with van der Waals surface area (Å²) in [7, 11) is 0. The predicted octanol–water partition coefficient (Wildman–Crippen LogP) is 2.31. The second-order valence-corrected chi connectivity index (χ2v) is 7.34. The number of hydrogen-bond donors (Lipinski definition) is 2. The van der Waals surface area contributed by atoms with Crippen molar-refractivity contribution in [3.63, 3.8) is 0 Å². The molecule has 9 heteroatoms. The Balaban J connectivity index is 1.51. The Bertz CT molecular complexity index is 1060. The Labute approximate surface area is 171 Å². The molecule has 1 atom stereocenters. The Morgan fingerprint density at radius 3 is 2.63 bits per heavy atom. The van der Waals surface area contributed by atoms with E-state index in [4.69, 9.17) is 9.47 Å². The highest BCUT2D eigenvalue weighted by Gasteiger charge is 2.49. The molecule has 2 heterocycles. The first-order chi connectivity index (χ1) is 14.3. The molecule has 0 unspecified atom stereocenters. The van der Waals surface area contributed by atoms with E-state index in [1.165, 1.54) is 12.1 Å². The summed E-state index contributed by atoms with van der Waals surface area (Å²) < 4.78 is 25.0. The number of halogens is 1. The predicted molar refractivity (Wildman–Crippen MR) is 105 cm³/mol. The van der Waals surface area contributed by atoms with Crippen LogP contribution < -0.4 is 20.1 Å². The van der Waals surface area contributed by atoms with Crippen LogP contribution in [-0.2, 0) is 15.1 Å². The van der Waals surface area contributed by atoms with E-state index in [1.807, 2.05) is 0 Å². The van der Waals surface area contributed by atoms with Gasteiger partial charge in [-0.3, -0.25) is 14.5 Å². The minimum absolute atomic E-state index is 0.0211. The summed E-state index contributed by atoms with van der Waals surface area (Å²) in [4.78, 5) is 38.6. The highest BCUT2D eigenvalue weighted by atomic mass is 19.1. The Hall–Kier alpha value is -3.62. The van der Waals surface area contributed by atoms with Crippen LogP contribution in [0.15, 0.2) is 36.4 Å². The molecule has 0 aliphatic carbocycles. The smallest absolute Gasteiger partial charge is 0.325 e. The van der Waals surface area contributed by atoms with E-state index in [2.05, 4.69) is 10.6 Å². The normalized spacial score (nSPS) is 20.2. The fraction of sp³-hybridized carbons (Fsp3) is 0.286. The van der Waals surface area contributed by atoms with Gasteiger partial charge in [-0.2, -0.15) is 0 Å². The number of rotatable bonds is 4. The number of amides is 4. The first kappa shape index (κ1) is 19.7. The summed E-state index contributed by atoms with van der Waals surface area (Å²) in [6, 6.07) is 8.61. The number of fused-ring (bicyclic) bond motifs is 1. The maximum Gasteiger partial charge on any atom is 0.325 e. The van der Waals surface area contributed by atoms with Crippen LogP contribution in [0.1, 0.15) is 18.1 Å². The minimum Gasteiger partial charge on any atom is -0.486 e. The van der Waals surface area contributed by atoms with Gasteiger partial charge in [0.15, 0.2) is 11.5 Å². The number of anilines is 1. The molecule has 0 spiro atoms. The molecular formula is C21H20FN3O5. The highest BCUT2D eigenvalue weighted by Crippen LogP contribution is 2.36. The van der Waals surface area contributed by atoms with E-state index < -0.39 is 35.7 Å². The molecule has 1 fully saturated rings. The van der Waals surface area contributed by atoms with Gasteiger partial charge in [0.05, 0.1) is 5.69 Å². The number of carbonyl (C=O) groups excluding carboxylic acids is 3. The molecule has 156 valence electrons. The summed E-state index contributed by atoms with van der Waals surface area (Å²) in [6.45, 7) is 3.55. The number of carbonyl (C=O) groups is 3. The molecule has 2 aromatic carbocycles. The molecule has 0 bridgehead atoms. The van der Waals surface area contributed by atoms with Crippen molar-refractivity contribution in [2.24, 2.45) is 0 Å². The zero-order chi connectivity index (χ0) is 21.5. The second-order valence-electron chi connectivity index (χ2n) is 7.34. The third kappa shape index (κ3) is 3.42. The van der Waals surface area contributed by atoms with E-state index in [0.29, 0.717) is 35.8 Å². The van der Waals surface area contributed by atoms with Crippen LogP contribution in [-0.4, -0.2) is 42.5 Å². The van der Waals surface area contributed by atoms with Gasteiger partial charge in [0.2, 0.25) is 5.91 Å². The first-order valence-electron chi connectivity index (χ1n) is 9.38. The van der Waals surface area contributed by atoms with Gasteiger partial charge in [0.25, 0.3) is 5.91 Å². The van der Waals surface area contributed by atoms with Gasteiger partial charge >= 0.3 is 6.03 Å². The summed E-state index contributed by atoms with van der Waals surface area (Å²) in [5.41, 5.74) is -0.192. The Morgan fingerprint density at radius 2 is 1.90 bits per heavy atom. The number of imide groups is 1. The second kappa shape index (κ2) is 7.33. The lowest BCUT2D eigenvalue weighted by atomic mass is 9.91. The van der Waals surface area contributed by atoms with Crippen LogP contribution in [0.25, 0.3) is 0 Å². The summed E-state index contributed by atoms with van der Waals surface area (Å²) in [5, 5.41) is 5.02. The van der Waals surface area contributed by atoms with Gasteiger partial charge in [0.1, 0.15) is 31.1 Å². The minimum atomic E-state index is -1.37. The zero-order valence-electron chi connectivity index (χ0n) is 16.5. The number of nitrogens with one attached hydrogen (secondary N) is 2. The summed E-state index contributed by atoms with van der Waals surface area (Å²) >= 11 is 0. The van der Waals surface area contributed by atoms with E-state index in [-0.39, 0.29) is 5.69 Å². The van der Waals surface area contributed by atoms with Gasteiger partial charge in [-0.05, 0) is 49.2 Å². The molecule has 2 N–H and O–H groups in total. The quantitative estimate of drug-likeness (QED) is 0.750. The van der Waals surface area contributed by atoms with Crippen LogP contribution in [0.4, 0.5) is 14.9 Å². The molecule has 4 amide bonds. The Morgan fingerprint density at radius 1 is 1.17 bits per heavy atom. The standard InChI is InChI=1S/C21H20FN3O5/c1-12-3-5-15(14(22)9-12)23-18(26)11-25-19(27)21(2,24-20(25)28)13-4-6-16-17(10-13)30-8-7-29-16/h3-6,9-10H,7-8,11H2,1-2H3,(H,23,26)(H,24,28)/t21-/m1/s1. The Kier molecular flexibility index (Phi) is 4.81. The number of ether oxygens (including phenoxy) is 2. The van der Waals surface area contributed by atoms with E-state index in [1.54, 1.807) is 38.1 Å². The monoisotopic (exact) mass is 413 g/mol. The highest BCUT2D eigenvalue weighted by molar-refractivity contribution is 6.10. The maximum absolute atomic E-state index is 14.0. The van der Waals surface area contributed by atoms with Gasteiger partial charge in [0, 0.05) is 0 Å². The van der Waals surface area contributed by atoms with Crippen LogP contribution in [0.3, 0.4) is 0 Å². The topological polar surface area (TPSA) is 97.0 Å². The number of urea groups is 1. The van der Waals surface area contributed by atoms with Gasteiger partial charge in [-0.15, -0.1) is 0 Å². The molecule has 2 aromatic rings. The first-order valence-corrected chi connectivity index (χ1v) is 9.38. The average molecular weight is 413 g/mol. The number of hydrogen-bond acceptors (Lipinski definition) is 5. The molecule has 0 saturated carbocycles. The molecule has 4 rings (SSSR count).